The molecule has 0 spiro atoms. The lowest BCUT2D eigenvalue weighted by molar-refractivity contribution is -0.134. The minimum absolute atomic E-state index is 0.264. The zero-order valence-electron chi connectivity index (χ0n) is 29.0. The number of likely N-dealkylation sites (tertiary alicyclic amines) is 2. The molecule has 2 amide bonds. The first kappa shape index (κ1) is 31.3. The summed E-state index contributed by atoms with van der Waals surface area (Å²) in [5, 5.41) is 0. The Bertz CT molecular complexity index is 2030. The van der Waals surface area contributed by atoms with E-state index in [0.717, 1.165) is 96.9 Å². The number of nitrogens with zero attached hydrogens (tertiary/aromatic N) is 8. The van der Waals surface area contributed by atoms with Gasteiger partial charge in [0.15, 0.2) is 11.3 Å². The van der Waals surface area contributed by atoms with E-state index in [1.807, 2.05) is 49.3 Å². The highest BCUT2D eigenvalue weighted by atomic mass is 16.2. The van der Waals surface area contributed by atoms with Gasteiger partial charge in [-0.1, -0.05) is 13.8 Å². The topological polar surface area (TPSA) is 133 Å². The Morgan fingerprint density at radius 3 is 1.48 bits per heavy atom. The summed E-state index contributed by atoms with van der Waals surface area (Å²) in [4.78, 5) is 54.0. The molecule has 6 aromatic rings. The molecule has 2 aliphatic carbocycles. The molecule has 6 aromatic heterocycles. The second-order valence-corrected chi connectivity index (χ2v) is 15.4. The van der Waals surface area contributed by atoms with Gasteiger partial charge in [-0.25, -0.2) is 19.9 Å². The summed E-state index contributed by atoms with van der Waals surface area (Å²) in [6.45, 7) is 7.88. The molecule has 0 bridgehead atoms. The maximum atomic E-state index is 12.6. The predicted molar refractivity (Wildman–Crippen MR) is 191 cm³/mol. The third kappa shape index (κ3) is 5.82. The summed E-state index contributed by atoms with van der Waals surface area (Å²) in [5.41, 5.74) is 5.87. The van der Waals surface area contributed by atoms with Gasteiger partial charge >= 0.3 is 0 Å². The minimum Gasteiger partial charge on any atom is -0.345 e. The van der Waals surface area contributed by atoms with E-state index < -0.39 is 0 Å². The van der Waals surface area contributed by atoms with Crippen LogP contribution in [-0.4, -0.2) is 86.5 Å². The first-order valence-electron chi connectivity index (χ1n) is 18.6. The molecule has 12 heteroatoms. The predicted octanol–water partition coefficient (Wildman–Crippen LogP) is 5.93. The number of carbonyl (C=O) groups excluding carboxylic acids is 2. The average Bonchev–Trinajstić information content (AvgIpc) is 3.83. The van der Waals surface area contributed by atoms with Gasteiger partial charge in [-0.2, -0.15) is 0 Å². The molecule has 8 heterocycles. The number of rotatable bonds is 6. The van der Waals surface area contributed by atoms with E-state index in [-0.39, 0.29) is 11.8 Å². The third-order valence-electron chi connectivity index (χ3n) is 11.8. The highest BCUT2D eigenvalue weighted by Crippen LogP contribution is 2.38. The molecular formula is C38H46N10O2. The molecule has 0 aromatic carbocycles. The third-order valence-corrected chi connectivity index (χ3v) is 11.8. The number of imidazole rings is 2. The Kier molecular flexibility index (Phi) is 7.84. The summed E-state index contributed by atoms with van der Waals surface area (Å²) in [6.07, 6.45) is 19.8. The van der Waals surface area contributed by atoms with Crippen LogP contribution in [0.5, 0.6) is 0 Å². The van der Waals surface area contributed by atoms with Crippen LogP contribution in [0.25, 0.3) is 33.4 Å². The lowest BCUT2D eigenvalue weighted by atomic mass is 9.86. The van der Waals surface area contributed by atoms with Crippen molar-refractivity contribution in [2.24, 2.45) is 23.7 Å². The monoisotopic (exact) mass is 674 g/mol. The van der Waals surface area contributed by atoms with Gasteiger partial charge in [-0.15, -0.1) is 0 Å². The molecular weight excluding hydrogens is 628 g/mol. The van der Waals surface area contributed by atoms with Crippen LogP contribution in [0.4, 0.5) is 0 Å². The van der Waals surface area contributed by atoms with E-state index in [9.17, 15) is 9.59 Å². The molecule has 4 fully saturated rings. The number of piperidine rings is 2. The Morgan fingerprint density at radius 2 is 1.06 bits per heavy atom. The number of carbonyl (C=O) groups is 2. The first-order chi connectivity index (χ1) is 24.4. The molecule has 2 aliphatic heterocycles. The van der Waals surface area contributed by atoms with Crippen LogP contribution in [0, 0.1) is 23.7 Å². The minimum atomic E-state index is 0.264. The smallest absolute Gasteiger partial charge is 0.222 e. The molecule has 2 saturated heterocycles. The number of aromatic amines is 2. The van der Waals surface area contributed by atoms with Crippen LogP contribution >= 0.6 is 0 Å². The second-order valence-electron chi connectivity index (χ2n) is 15.4. The quantitative estimate of drug-likeness (QED) is 0.225. The molecule has 2 saturated carbocycles. The van der Waals surface area contributed by atoms with Crippen LogP contribution in [0.1, 0.15) is 88.7 Å². The van der Waals surface area contributed by atoms with Crippen LogP contribution in [0.15, 0.2) is 49.3 Å². The standard InChI is InChI=1S/2C19H23N5O/c2*1-12-5-7-23(17(25)8-13-2-3-13)11-15(12)19-22-10-14-9-21-18-16(24(14)19)4-6-20-18/h2*4,6,9-10,12-13,15,20H,2-3,5,7-8,11H2,1H3/t2*12-,15+/m10/s1. The number of fused-ring (bicyclic) bond motifs is 6. The molecule has 2 N–H and O–H groups in total. The normalized spacial score (nSPS) is 24.3. The van der Waals surface area contributed by atoms with Crippen LogP contribution in [-0.2, 0) is 9.59 Å². The highest BCUT2D eigenvalue weighted by molar-refractivity contribution is 5.78. The summed E-state index contributed by atoms with van der Waals surface area (Å²) >= 11 is 0. The Balaban J connectivity index is 0.000000135. The van der Waals surface area contributed by atoms with Crippen LogP contribution < -0.4 is 0 Å². The first-order valence-corrected chi connectivity index (χ1v) is 18.6. The van der Waals surface area contributed by atoms with Gasteiger partial charge in [0.25, 0.3) is 0 Å². The van der Waals surface area contributed by atoms with Gasteiger partial charge in [-0.05, 0) is 74.3 Å². The number of H-pyrrole nitrogens is 2. The zero-order valence-corrected chi connectivity index (χ0v) is 29.0. The Labute approximate surface area is 290 Å². The maximum Gasteiger partial charge on any atom is 0.222 e. The van der Waals surface area contributed by atoms with Crippen molar-refractivity contribution >= 4 is 45.2 Å². The van der Waals surface area contributed by atoms with Crippen molar-refractivity contribution in [2.45, 2.75) is 77.0 Å². The van der Waals surface area contributed by atoms with Crippen molar-refractivity contribution in [2.75, 3.05) is 26.2 Å². The van der Waals surface area contributed by atoms with Crippen molar-refractivity contribution < 1.29 is 9.59 Å². The molecule has 0 radical (unpaired) electrons. The van der Waals surface area contributed by atoms with Crippen LogP contribution in [0.3, 0.4) is 0 Å². The number of hydrogen-bond acceptors (Lipinski definition) is 6. The number of amides is 2. The van der Waals surface area contributed by atoms with Crippen molar-refractivity contribution in [3.8, 4) is 0 Å². The molecule has 4 aliphatic rings. The fourth-order valence-electron chi connectivity index (χ4n) is 8.18. The lowest BCUT2D eigenvalue weighted by Gasteiger charge is -2.36. The molecule has 260 valence electrons. The van der Waals surface area contributed by atoms with E-state index in [1.54, 1.807) is 0 Å². The van der Waals surface area contributed by atoms with Crippen molar-refractivity contribution in [1.82, 2.24) is 48.5 Å². The SMILES string of the molecule is C[C@@H]1CCN(C(=O)CC2CC2)C[C@@H]1c1ncc2cnc3[nH]ccc3n12.C[C@H]1CCN(C(=O)CC2CC2)C[C@H]1c1ncc2cnc3[nH]ccc3n12. The summed E-state index contributed by atoms with van der Waals surface area (Å²) < 4.78 is 4.41. The average molecular weight is 675 g/mol. The fraction of sp³-hybridized carbons (Fsp3) is 0.526. The van der Waals surface area contributed by atoms with Crippen molar-refractivity contribution in [3.05, 3.63) is 61.0 Å². The van der Waals surface area contributed by atoms with Gasteiger partial charge in [-0.3, -0.25) is 18.4 Å². The molecule has 10 rings (SSSR count). The van der Waals surface area contributed by atoms with E-state index in [1.165, 1.54) is 25.7 Å². The summed E-state index contributed by atoms with van der Waals surface area (Å²) in [6, 6.07) is 4.09. The molecule has 50 heavy (non-hydrogen) atoms. The van der Waals surface area contributed by atoms with Gasteiger partial charge in [0, 0.05) is 63.3 Å². The van der Waals surface area contributed by atoms with Crippen molar-refractivity contribution in [3.63, 3.8) is 0 Å². The number of aromatic nitrogens is 8. The van der Waals surface area contributed by atoms with E-state index in [2.05, 4.69) is 52.4 Å². The highest BCUT2D eigenvalue weighted by Gasteiger charge is 2.36. The largest absolute Gasteiger partial charge is 0.345 e. The second kappa shape index (κ2) is 12.5. The molecule has 4 atom stereocenters. The molecule has 12 nitrogen and oxygen atoms in total. The summed E-state index contributed by atoms with van der Waals surface area (Å²) in [7, 11) is 0. The lowest BCUT2D eigenvalue weighted by Crippen LogP contribution is -2.42. The zero-order chi connectivity index (χ0) is 33.9. The van der Waals surface area contributed by atoms with Gasteiger partial charge in [0.2, 0.25) is 11.8 Å². The van der Waals surface area contributed by atoms with Gasteiger partial charge < -0.3 is 19.8 Å². The number of nitrogens with one attached hydrogen (secondary N) is 2. The Hall–Kier alpha value is -4.74. The van der Waals surface area contributed by atoms with E-state index >= 15 is 0 Å². The fourth-order valence-corrected chi connectivity index (χ4v) is 8.18. The van der Waals surface area contributed by atoms with Gasteiger partial charge in [0.1, 0.15) is 11.6 Å². The number of hydrogen-bond donors (Lipinski definition) is 2. The van der Waals surface area contributed by atoms with E-state index in [4.69, 9.17) is 9.97 Å². The van der Waals surface area contributed by atoms with Gasteiger partial charge in [0.05, 0.1) is 46.9 Å². The van der Waals surface area contributed by atoms with E-state index in [0.29, 0.717) is 35.5 Å². The van der Waals surface area contributed by atoms with Crippen molar-refractivity contribution in [1.29, 1.82) is 0 Å². The Morgan fingerprint density at radius 1 is 0.640 bits per heavy atom. The van der Waals surface area contributed by atoms with Crippen LogP contribution in [0.2, 0.25) is 0 Å². The summed E-state index contributed by atoms with van der Waals surface area (Å²) in [5.74, 6) is 5.60. The maximum absolute atomic E-state index is 12.6. The molecule has 0 unspecified atom stereocenters.